The van der Waals surface area contributed by atoms with Crippen molar-refractivity contribution < 1.29 is 29.2 Å². The molecule has 0 fully saturated rings. The quantitative estimate of drug-likeness (QED) is 0.635. The van der Waals surface area contributed by atoms with Crippen LogP contribution in [-0.4, -0.2) is 30.3 Å². The topological polar surface area (TPSA) is 99.0 Å². The van der Waals surface area contributed by atoms with E-state index < -0.39 is 11.9 Å². The number of pyridine rings is 1. The van der Waals surface area contributed by atoms with Crippen LogP contribution < -0.4 is 10.3 Å². The van der Waals surface area contributed by atoms with Crippen LogP contribution in [0.1, 0.15) is 34.6 Å². The molecule has 7 heteroatoms. The molecule has 0 aliphatic rings. The molecule has 1 aromatic heterocycles. The Morgan fingerprint density at radius 2 is 1.79 bits per heavy atom. The van der Waals surface area contributed by atoms with Gasteiger partial charge in [0.1, 0.15) is 11.3 Å². The van der Waals surface area contributed by atoms with E-state index in [1.54, 1.807) is 56.4 Å². The minimum absolute atomic E-state index is 0.0849. The number of hydrogen-bond donors (Lipinski definition) is 2. The lowest BCUT2D eigenvalue weighted by atomic mass is 10.1. The van der Waals surface area contributed by atoms with Crippen molar-refractivity contribution in [3.63, 3.8) is 0 Å². The number of nitrogens with one attached hydrogen (secondary N) is 2. The monoisotopic (exact) mass is 381 g/mol. The summed E-state index contributed by atoms with van der Waals surface area (Å²) in [5, 5.41) is 13.5. The third kappa shape index (κ3) is 4.03. The van der Waals surface area contributed by atoms with Crippen molar-refractivity contribution in [3.8, 4) is 5.75 Å². The summed E-state index contributed by atoms with van der Waals surface area (Å²) in [6.45, 7) is 3.95. The summed E-state index contributed by atoms with van der Waals surface area (Å²) in [5.41, 5.74) is 2.40. The number of carbonyl (C=O) groups excluding carboxylic acids is 2. The van der Waals surface area contributed by atoms with E-state index in [2.05, 4.69) is 10.3 Å². The van der Waals surface area contributed by atoms with Gasteiger partial charge in [-0.1, -0.05) is 6.07 Å². The Morgan fingerprint density at radius 1 is 1.04 bits per heavy atom. The van der Waals surface area contributed by atoms with Gasteiger partial charge in [-0.05, 0) is 38.1 Å². The van der Waals surface area contributed by atoms with Crippen molar-refractivity contribution in [2.45, 2.75) is 13.8 Å². The number of aromatic amines is 1. The molecule has 0 bridgehead atoms. The van der Waals surface area contributed by atoms with E-state index in [9.17, 15) is 14.7 Å². The van der Waals surface area contributed by atoms with Gasteiger partial charge in [0.15, 0.2) is 6.20 Å². The minimum atomic E-state index is -0.509. The lowest BCUT2D eigenvalue weighted by Crippen LogP contribution is -2.15. The predicted molar refractivity (Wildman–Crippen MR) is 104 cm³/mol. The molecule has 3 aromatic rings. The van der Waals surface area contributed by atoms with Crippen LogP contribution in [0, 0.1) is 0 Å². The molecule has 0 saturated heterocycles. The Balaban J connectivity index is 2.18. The van der Waals surface area contributed by atoms with Gasteiger partial charge in [-0.3, -0.25) is 0 Å². The molecule has 1 heterocycles. The Bertz CT molecular complexity index is 1030. The van der Waals surface area contributed by atoms with E-state index >= 15 is 0 Å². The SMILES string of the molecule is CCOC(=O)c1ccc2[nH+]cc(C(=O)OCC)c(Nc3cccc(O)c3)c2c1. The number of aromatic hydroxyl groups is 1. The van der Waals surface area contributed by atoms with Gasteiger partial charge in [-0.25, -0.2) is 14.6 Å². The number of benzene rings is 2. The largest absolute Gasteiger partial charge is 0.508 e. The number of esters is 2. The maximum Gasteiger partial charge on any atom is 0.346 e. The first kappa shape index (κ1) is 19.2. The van der Waals surface area contributed by atoms with Gasteiger partial charge in [-0.15, -0.1) is 0 Å². The summed E-state index contributed by atoms with van der Waals surface area (Å²) < 4.78 is 10.2. The van der Waals surface area contributed by atoms with E-state index in [0.29, 0.717) is 27.8 Å². The molecule has 0 spiro atoms. The second kappa shape index (κ2) is 8.39. The summed E-state index contributed by atoms with van der Waals surface area (Å²) >= 11 is 0. The maximum atomic E-state index is 12.5. The molecule has 0 amide bonds. The number of H-pyrrole nitrogens is 1. The fourth-order valence-corrected chi connectivity index (χ4v) is 2.82. The zero-order valence-corrected chi connectivity index (χ0v) is 15.6. The average Bonchev–Trinajstić information content (AvgIpc) is 2.68. The molecule has 0 aliphatic heterocycles. The summed E-state index contributed by atoms with van der Waals surface area (Å²) in [4.78, 5) is 27.7. The molecule has 3 N–H and O–H groups in total. The van der Waals surface area contributed by atoms with Crippen LogP contribution in [0.15, 0.2) is 48.7 Å². The van der Waals surface area contributed by atoms with Crippen molar-refractivity contribution in [2.24, 2.45) is 0 Å². The van der Waals surface area contributed by atoms with Gasteiger partial charge in [0.25, 0.3) is 0 Å². The molecule has 0 atom stereocenters. The molecular weight excluding hydrogens is 360 g/mol. The number of fused-ring (bicyclic) bond motifs is 1. The lowest BCUT2D eigenvalue weighted by molar-refractivity contribution is -0.344. The smallest absolute Gasteiger partial charge is 0.346 e. The molecule has 28 heavy (non-hydrogen) atoms. The number of phenolic OH excluding ortho intramolecular Hbond substituents is 1. The van der Waals surface area contributed by atoms with E-state index in [1.807, 2.05) is 0 Å². The first-order valence-corrected chi connectivity index (χ1v) is 8.92. The molecule has 0 radical (unpaired) electrons. The van der Waals surface area contributed by atoms with Gasteiger partial charge in [-0.2, -0.15) is 0 Å². The van der Waals surface area contributed by atoms with E-state index in [1.165, 1.54) is 6.07 Å². The normalized spacial score (nSPS) is 10.5. The van der Waals surface area contributed by atoms with Crippen LogP contribution in [-0.2, 0) is 9.47 Å². The van der Waals surface area contributed by atoms with E-state index in [-0.39, 0.29) is 24.5 Å². The summed E-state index contributed by atoms with van der Waals surface area (Å²) in [5.74, 6) is -0.874. The number of aromatic nitrogens is 1. The fraction of sp³-hybridized carbons (Fsp3) is 0.190. The standard InChI is InChI=1S/C21H20N2O5/c1-3-27-20(25)13-8-9-18-16(10-13)19(17(12-22-18)21(26)28-4-2)23-14-6-5-7-15(24)11-14/h5-12,24H,3-4H2,1-2H3,(H,22,23)/p+1. The molecule has 0 aliphatic carbocycles. The first-order chi connectivity index (χ1) is 13.5. The van der Waals surface area contributed by atoms with E-state index in [0.717, 1.165) is 0 Å². The highest BCUT2D eigenvalue weighted by Gasteiger charge is 2.22. The zero-order chi connectivity index (χ0) is 20.1. The number of rotatable bonds is 6. The summed E-state index contributed by atoms with van der Waals surface area (Å²) in [6.07, 6.45) is 1.55. The first-order valence-electron chi connectivity index (χ1n) is 8.92. The number of carbonyl (C=O) groups is 2. The average molecular weight is 381 g/mol. The van der Waals surface area contributed by atoms with Gasteiger partial charge >= 0.3 is 11.9 Å². The Kier molecular flexibility index (Phi) is 5.74. The molecule has 0 saturated carbocycles. The second-order valence-corrected chi connectivity index (χ2v) is 5.95. The van der Waals surface area contributed by atoms with Crippen LogP contribution in [0.5, 0.6) is 5.75 Å². The highest BCUT2D eigenvalue weighted by atomic mass is 16.5. The van der Waals surface area contributed by atoms with E-state index in [4.69, 9.17) is 9.47 Å². The highest BCUT2D eigenvalue weighted by Crippen LogP contribution is 2.30. The second-order valence-electron chi connectivity index (χ2n) is 5.95. The van der Waals surface area contributed by atoms with Gasteiger partial charge < -0.3 is 19.9 Å². The highest BCUT2D eigenvalue weighted by molar-refractivity contribution is 6.06. The molecule has 7 nitrogen and oxygen atoms in total. The van der Waals surface area contributed by atoms with Crippen LogP contribution >= 0.6 is 0 Å². The third-order valence-electron chi connectivity index (χ3n) is 4.05. The van der Waals surface area contributed by atoms with Crippen molar-refractivity contribution in [2.75, 3.05) is 18.5 Å². The van der Waals surface area contributed by atoms with Gasteiger partial charge in [0.2, 0.25) is 5.52 Å². The number of anilines is 2. The maximum absolute atomic E-state index is 12.5. The number of hydrogen-bond acceptors (Lipinski definition) is 6. The van der Waals surface area contributed by atoms with Gasteiger partial charge in [0.05, 0.1) is 29.9 Å². The van der Waals surface area contributed by atoms with Crippen LogP contribution in [0.4, 0.5) is 11.4 Å². The molecule has 144 valence electrons. The fourth-order valence-electron chi connectivity index (χ4n) is 2.82. The van der Waals surface area contributed by atoms with Crippen molar-refractivity contribution in [1.29, 1.82) is 0 Å². The van der Waals surface area contributed by atoms with Gasteiger partial charge in [0, 0.05) is 17.8 Å². The molecule has 0 unspecified atom stereocenters. The Labute approximate surface area is 161 Å². The lowest BCUT2D eigenvalue weighted by Gasteiger charge is -2.13. The zero-order valence-electron chi connectivity index (χ0n) is 15.6. The van der Waals surface area contributed by atoms with Crippen molar-refractivity contribution >= 4 is 34.2 Å². The molecule has 3 rings (SSSR count). The number of ether oxygens (including phenoxy) is 2. The van der Waals surface area contributed by atoms with Crippen molar-refractivity contribution in [1.82, 2.24) is 0 Å². The van der Waals surface area contributed by atoms with Crippen molar-refractivity contribution in [3.05, 3.63) is 59.8 Å². The summed E-state index contributed by atoms with van der Waals surface area (Å²) in [7, 11) is 0. The summed E-state index contributed by atoms with van der Waals surface area (Å²) in [6, 6.07) is 11.6. The predicted octanol–water partition coefficient (Wildman–Crippen LogP) is 3.46. The number of phenols is 1. The van der Waals surface area contributed by atoms with Crippen LogP contribution in [0.25, 0.3) is 10.9 Å². The van der Waals surface area contributed by atoms with Crippen LogP contribution in [0.2, 0.25) is 0 Å². The molecular formula is C21H21N2O5+. The molecule has 2 aromatic carbocycles. The minimum Gasteiger partial charge on any atom is -0.508 e. The Morgan fingerprint density at radius 3 is 2.50 bits per heavy atom. The van der Waals surface area contributed by atoms with Crippen LogP contribution in [0.3, 0.4) is 0 Å². The Hall–Kier alpha value is -3.61. The third-order valence-corrected chi connectivity index (χ3v) is 4.05.